The molecule has 0 saturated carbocycles. The third-order valence-electron chi connectivity index (χ3n) is 20.3. The molecule has 41 nitrogen and oxygen atoms in total. The van der Waals surface area contributed by atoms with Crippen LogP contribution in [-0.2, 0) is 122 Å². The number of amides is 13. The zero-order valence-electron chi connectivity index (χ0n) is 69.5. The van der Waals surface area contributed by atoms with Crippen molar-refractivity contribution in [2.45, 2.75) is 210 Å². The lowest BCUT2D eigenvalue weighted by molar-refractivity contribution is -0.142. The Morgan fingerprint density at radius 3 is 1.46 bits per heavy atom. The van der Waals surface area contributed by atoms with E-state index in [1.807, 2.05) is 0 Å². The fourth-order valence-electron chi connectivity index (χ4n) is 13.4. The van der Waals surface area contributed by atoms with Gasteiger partial charge in [0.1, 0.15) is 70.9 Å². The molecule has 3 heterocycles. The van der Waals surface area contributed by atoms with Crippen LogP contribution < -0.4 is 75.7 Å². The number of primary amides is 2. The maximum Gasteiger partial charge on any atom is 0.305 e. The number of nitrogens with two attached hydrogens (primary N) is 3. The summed E-state index contributed by atoms with van der Waals surface area (Å²) in [6.45, 7) is 5.28. The minimum Gasteiger partial charge on any atom is -0.508 e. The number of unbranched alkanes of at least 4 members (excludes halogenated alkanes) is 1. The van der Waals surface area contributed by atoms with Gasteiger partial charge in [0, 0.05) is 74.9 Å². The maximum absolute atomic E-state index is 15.0. The topological polar surface area (TPSA) is 686 Å². The Bertz CT molecular complexity index is 4660. The van der Waals surface area contributed by atoms with Crippen LogP contribution >= 0.6 is 23.1 Å². The van der Waals surface area contributed by atoms with Crippen molar-refractivity contribution in [3.63, 3.8) is 0 Å². The highest BCUT2D eigenvalue weighted by Crippen LogP contribution is 2.30. The second kappa shape index (κ2) is 50.0. The fourth-order valence-corrected chi connectivity index (χ4v) is 15.5. The van der Waals surface area contributed by atoms with Crippen molar-refractivity contribution >= 4 is 146 Å². The first-order chi connectivity index (χ1) is 59.5. The van der Waals surface area contributed by atoms with Gasteiger partial charge in [-0.05, 0) is 116 Å². The molecule has 682 valence electrons. The first kappa shape index (κ1) is 102. The zero-order chi connectivity index (χ0) is 93.2. The number of phenols is 2. The number of aromatic hydroxyl groups is 2. The number of thiophene rings is 1. The number of carboxylic acids is 4. The van der Waals surface area contributed by atoms with Gasteiger partial charge in [-0.1, -0.05) is 81.8 Å². The van der Waals surface area contributed by atoms with Gasteiger partial charge in [-0.2, -0.15) is 0 Å². The summed E-state index contributed by atoms with van der Waals surface area (Å²) in [6, 6.07) is 0.731. The number of thioether (sulfide) groups is 1. The van der Waals surface area contributed by atoms with Gasteiger partial charge in [0.2, 0.25) is 76.8 Å². The summed E-state index contributed by atoms with van der Waals surface area (Å²) < 4.78 is 0. The highest BCUT2D eigenvalue weighted by Gasteiger charge is 2.40. The predicted octanol–water partition coefficient (Wildman–Crippen LogP) is -1.75. The van der Waals surface area contributed by atoms with Crippen molar-refractivity contribution in [1.29, 1.82) is 0 Å². The van der Waals surface area contributed by atoms with E-state index in [9.17, 15) is 122 Å². The lowest BCUT2D eigenvalue weighted by atomic mass is 9.89. The molecule has 2 aliphatic heterocycles. The fraction of sp³-hybridized carbons (Fsp3) is 0.482. The monoisotopic (exact) mass is 1790 g/mol. The van der Waals surface area contributed by atoms with E-state index in [-0.39, 0.29) is 79.9 Å². The van der Waals surface area contributed by atoms with Crippen LogP contribution in [0.2, 0.25) is 0 Å². The van der Waals surface area contributed by atoms with E-state index in [1.54, 1.807) is 55.6 Å². The van der Waals surface area contributed by atoms with Crippen LogP contribution in [0.25, 0.3) is 0 Å². The molecule has 126 heavy (non-hydrogen) atoms. The molecular weight excluding hydrogens is 1690 g/mol. The Labute approximate surface area is 731 Å². The number of nitrogens with zero attached hydrogens (tertiary/aromatic N) is 1. The number of hydrogen-bond acceptors (Lipinski definition) is 26. The summed E-state index contributed by atoms with van der Waals surface area (Å²) in [4.78, 5) is 281. The Kier molecular flexibility index (Phi) is 40.4. The lowest BCUT2D eigenvalue weighted by Gasteiger charge is -2.28. The van der Waals surface area contributed by atoms with Crippen molar-refractivity contribution in [2.24, 2.45) is 45.9 Å². The number of benzene rings is 3. The number of nitrogens with one attached hydrogen (secondary N) is 11. The summed E-state index contributed by atoms with van der Waals surface area (Å²) in [7, 11) is 0. The van der Waals surface area contributed by atoms with Crippen LogP contribution in [0.4, 0.5) is 0 Å². The molecule has 43 heteroatoms. The van der Waals surface area contributed by atoms with Crippen LogP contribution in [0, 0.1) is 23.7 Å². The van der Waals surface area contributed by atoms with Crippen LogP contribution in [-0.4, -0.2) is 239 Å². The van der Waals surface area contributed by atoms with E-state index in [0.29, 0.717) is 21.0 Å². The number of rotatable bonds is 25. The molecule has 13 amide bonds. The molecule has 0 fully saturated rings. The number of Topliss-reactive ketones (excluding diaryl/α,β-unsaturated/α-hetero) is 3. The van der Waals surface area contributed by atoms with E-state index in [0.717, 1.165) is 11.3 Å². The molecule has 0 saturated heterocycles. The van der Waals surface area contributed by atoms with Gasteiger partial charge in [-0.3, -0.25) is 101 Å². The van der Waals surface area contributed by atoms with Crippen molar-refractivity contribution < 1.29 is 127 Å². The minimum atomic E-state index is -2.19. The van der Waals surface area contributed by atoms with Crippen molar-refractivity contribution in [2.75, 3.05) is 18.8 Å². The molecule has 4 bridgehead atoms. The van der Waals surface area contributed by atoms with Gasteiger partial charge in [-0.25, -0.2) is 0 Å². The van der Waals surface area contributed by atoms with Gasteiger partial charge in [0.05, 0.1) is 42.8 Å². The Morgan fingerprint density at radius 1 is 0.468 bits per heavy atom. The summed E-state index contributed by atoms with van der Waals surface area (Å²) in [6.07, 6.45) is -10.4. The average molecular weight is 1790 g/mol. The van der Waals surface area contributed by atoms with E-state index in [1.165, 1.54) is 74.1 Å². The molecule has 4 aromatic rings. The molecule has 14 atom stereocenters. The second-order valence-electron chi connectivity index (χ2n) is 31.1. The molecular formula is C83H107N15O26S2. The second-order valence-corrected chi connectivity index (χ2v) is 33.0. The van der Waals surface area contributed by atoms with Crippen LogP contribution in [0.15, 0.2) is 95.3 Å². The summed E-state index contributed by atoms with van der Waals surface area (Å²) >= 11 is 2.37. The van der Waals surface area contributed by atoms with Gasteiger partial charge in [0.15, 0.2) is 17.3 Å². The Hall–Kier alpha value is -13.1. The first-order valence-corrected chi connectivity index (χ1v) is 42.3. The molecule has 0 spiro atoms. The van der Waals surface area contributed by atoms with E-state index in [2.05, 4.69) is 63.5 Å². The predicted molar refractivity (Wildman–Crippen MR) is 451 cm³/mol. The summed E-state index contributed by atoms with van der Waals surface area (Å²) in [5, 5.41) is 89.4. The van der Waals surface area contributed by atoms with Crippen molar-refractivity contribution in [1.82, 2.24) is 58.5 Å². The van der Waals surface area contributed by atoms with Crippen LogP contribution in [0.1, 0.15) is 145 Å². The number of carbonyl (C=O) groups is 20. The van der Waals surface area contributed by atoms with Gasteiger partial charge >= 0.3 is 23.9 Å². The van der Waals surface area contributed by atoms with E-state index >= 15 is 4.79 Å². The minimum absolute atomic E-state index is 0.0292. The highest BCUT2D eigenvalue weighted by molar-refractivity contribution is 8.15. The molecule has 2 aliphatic rings. The summed E-state index contributed by atoms with van der Waals surface area (Å²) in [5.41, 5.74) is 18.4. The molecule has 6 rings (SSSR count). The molecule has 23 N–H and O–H groups in total. The van der Waals surface area contributed by atoms with Crippen LogP contribution in [0.3, 0.4) is 0 Å². The number of carboxylic acid groups (broad SMARTS) is 4. The molecule has 0 radical (unpaired) electrons. The molecule has 0 unspecified atom stereocenters. The number of hydrogen-bond donors (Lipinski definition) is 20. The number of carbonyl (C=O) groups excluding carboxylic acids is 16. The van der Waals surface area contributed by atoms with E-state index < -0.39 is 285 Å². The number of fused-ring (bicyclic) bond motifs is 4. The third kappa shape index (κ3) is 34.6. The first-order valence-electron chi connectivity index (χ1n) is 40.5. The lowest BCUT2D eigenvalue weighted by Crippen LogP contribution is -2.60. The average Bonchev–Trinajstić information content (AvgIpc) is 1.56. The number of phenolic OH excluding ortho intramolecular Hbond substituents is 2. The Morgan fingerprint density at radius 2 is 0.929 bits per heavy atom. The van der Waals surface area contributed by atoms with Crippen molar-refractivity contribution in [3.8, 4) is 11.5 Å². The maximum atomic E-state index is 15.0. The number of aliphatic imine (C=N–C) groups is 1. The molecule has 0 aliphatic carbocycles. The number of ketones is 3. The Balaban J connectivity index is 1.41. The molecule has 3 aromatic carbocycles. The highest BCUT2D eigenvalue weighted by atomic mass is 32.2. The number of aliphatic carboxylic acids is 4. The van der Waals surface area contributed by atoms with E-state index in [4.69, 9.17) is 17.2 Å². The normalized spacial score (nSPS) is 24.2. The van der Waals surface area contributed by atoms with Gasteiger partial charge < -0.3 is 106 Å². The van der Waals surface area contributed by atoms with Crippen LogP contribution in [0.5, 0.6) is 11.5 Å². The summed E-state index contributed by atoms with van der Waals surface area (Å²) in [5.74, 6) is -28.9. The SMILES string of the molecule is CC(C)C[C@@H]1NC(=O)[C@H](CC(=O)O)NC(=O)[C@H](CCC(N)=O)CC(=O)[C@H](CC(=O)O)NC(=O)[C@H](CCCCN)CC(=O)[C@H](Cc2ccc(O)cc2)NC(=O)[C@H](CC(=O)O)NC(=O)[C@H](Cc2ccc(O)cc2)NC(=O)[C@H](CCC(=O)O)NC(=O)[C@H](Cc2ccccc2)NC(=O)[C@H](C)NC(=O)CNC(=O)[C@H](C)CC(=O)[C@@H]2CSC(=N2)c2cc(cs2)C[C@H](C(N)=O)NC1=O. The van der Waals surface area contributed by atoms with Gasteiger partial charge in [0.25, 0.3) is 0 Å². The molecule has 1 aromatic heterocycles. The zero-order valence-corrected chi connectivity index (χ0v) is 71.1. The largest absolute Gasteiger partial charge is 0.508 e. The quantitative estimate of drug-likeness (QED) is 0.0327. The standard InChI is InChI=1S/C83H107N15O26S2/c1-41(2)26-56-78(120)92-55(72(86)114)31-47-32-65(125-39-47)83-98-61(40-126-83)62(101)27-42(3)73(115)87-38-67(105)88-43(4)74(116)93-57(29-44-10-6-5-7-11-44)79(121)89-52(22-24-68(106)107)77(119)96-58(30-46-15-20-51(100)21-16-46)80(122)97-60(37-71(112)113)81(123)91-53(28-45-13-18-50(99)19-14-45)63(102)33-48(12-8-9-25-84)75(117)90-54(35-69(108)109)64(103)34-49(17-23-66(85)104)76(118)94-59(36-70(110)111)82(124)95-56/h5-7,10-11,13-16,18-21,32,39,41-43,48-49,52-61,99-100H,8-9,12,17,22-31,33-38,40,84H2,1-4H3,(H2,85,104)(H2,86,114)(H,87,115)(H,88,105)(H,89,121)(H,90,117)(H,91,123)(H,92,120)(H,93,116)(H,94,118)(H,95,124)(H,96,119)(H,97,122)(H,106,107)(H,108,109)(H,110,111)(H,112,113)/t42-,43+,48-,49-,52+,53+,54+,55-,56+,57+,58+,59+,60+,61+/m1/s1. The van der Waals surface area contributed by atoms with Crippen molar-refractivity contribution in [3.05, 3.63) is 117 Å². The smallest absolute Gasteiger partial charge is 0.305 e. The van der Waals surface area contributed by atoms with Gasteiger partial charge in [-0.15, -0.1) is 23.1 Å². The third-order valence-corrected chi connectivity index (χ3v) is 22.4.